The Morgan fingerprint density at radius 2 is 1.79 bits per heavy atom. The van der Waals surface area contributed by atoms with Crippen LogP contribution in [-0.4, -0.2) is 48.1 Å². The molecule has 1 amide bonds. The molecular weight excluding hydrogens is 385 g/mol. The summed E-state index contributed by atoms with van der Waals surface area (Å²) >= 11 is 0. The summed E-state index contributed by atoms with van der Waals surface area (Å²) in [5, 5.41) is 8.81. The predicted molar refractivity (Wildman–Crippen MR) is 99.3 cm³/mol. The van der Waals surface area contributed by atoms with Crippen LogP contribution in [0.3, 0.4) is 0 Å². The van der Waals surface area contributed by atoms with Crippen LogP contribution in [0.15, 0.2) is 42.6 Å². The minimum Gasteiger partial charge on any atom is -0.481 e. The average Bonchev–Trinajstić information content (AvgIpc) is 2.73. The third-order valence-corrected chi connectivity index (χ3v) is 4.63. The second-order valence-electron chi connectivity index (χ2n) is 6.61. The minimum absolute atomic E-state index is 0.172. The zero-order chi connectivity index (χ0) is 21.0. The van der Waals surface area contributed by atoms with Gasteiger partial charge in [-0.1, -0.05) is 0 Å². The zero-order valence-electron chi connectivity index (χ0n) is 15.7. The summed E-state index contributed by atoms with van der Waals surface area (Å²) in [5.74, 6) is 0.777. The van der Waals surface area contributed by atoms with Crippen LogP contribution in [0.1, 0.15) is 18.1 Å². The van der Waals surface area contributed by atoms with Crippen LogP contribution in [0.25, 0.3) is 0 Å². The number of carbonyl (C=O) groups excluding carboxylic acids is 1. The van der Waals surface area contributed by atoms with Gasteiger partial charge >= 0.3 is 6.18 Å². The Labute approximate surface area is 166 Å². The van der Waals surface area contributed by atoms with Crippen molar-refractivity contribution in [2.24, 2.45) is 0 Å². The van der Waals surface area contributed by atoms with Gasteiger partial charge in [0.25, 0.3) is 5.91 Å². The molecule has 2 aromatic rings. The second kappa shape index (κ2) is 8.39. The average molecular weight is 404 g/mol. The molecular formula is C20H19F3N4O2. The van der Waals surface area contributed by atoms with Crippen molar-refractivity contribution in [2.75, 3.05) is 31.1 Å². The number of rotatable bonds is 4. The van der Waals surface area contributed by atoms with E-state index in [2.05, 4.69) is 4.98 Å². The van der Waals surface area contributed by atoms with Crippen LogP contribution in [0.2, 0.25) is 0 Å². The molecule has 3 rings (SSSR count). The van der Waals surface area contributed by atoms with Crippen molar-refractivity contribution < 1.29 is 22.7 Å². The summed E-state index contributed by atoms with van der Waals surface area (Å²) in [4.78, 5) is 20.0. The van der Waals surface area contributed by atoms with Crippen molar-refractivity contribution in [1.82, 2.24) is 9.88 Å². The van der Waals surface area contributed by atoms with Crippen molar-refractivity contribution in [3.05, 3.63) is 53.7 Å². The highest BCUT2D eigenvalue weighted by Gasteiger charge is 2.31. The van der Waals surface area contributed by atoms with Crippen molar-refractivity contribution in [3.8, 4) is 11.8 Å². The van der Waals surface area contributed by atoms with Crippen LogP contribution < -0.4 is 9.64 Å². The van der Waals surface area contributed by atoms with E-state index in [-0.39, 0.29) is 5.91 Å². The number of aromatic nitrogens is 1. The van der Waals surface area contributed by atoms with Crippen molar-refractivity contribution in [3.63, 3.8) is 0 Å². The van der Waals surface area contributed by atoms with Gasteiger partial charge in [0.05, 0.1) is 17.2 Å². The highest BCUT2D eigenvalue weighted by molar-refractivity contribution is 5.81. The summed E-state index contributed by atoms with van der Waals surface area (Å²) in [6.07, 6.45) is -4.29. The van der Waals surface area contributed by atoms with Crippen LogP contribution in [-0.2, 0) is 11.0 Å². The Morgan fingerprint density at radius 1 is 1.14 bits per heavy atom. The maximum atomic E-state index is 12.6. The van der Waals surface area contributed by atoms with Gasteiger partial charge in [0.1, 0.15) is 11.6 Å². The van der Waals surface area contributed by atoms with Crippen LogP contribution in [0, 0.1) is 11.3 Å². The molecule has 0 saturated carbocycles. The quantitative estimate of drug-likeness (QED) is 0.783. The monoisotopic (exact) mass is 404 g/mol. The molecule has 1 aromatic carbocycles. The normalized spacial score (nSPS) is 15.6. The number of benzene rings is 1. The molecule has 1 aromatic heterocycles. The van der Waals surface area contributed by atoms with E-state index in [1.165, 1.54) is 6.07 Å². The second-order valence-corrected chi connectivity index (χ2v) is 6.61. The Bertz CT molecular complexity index is 884. The van der Waals surface area contributed by atoms with Crippen LogP contribution >= 0.6 is 0 Å². The Balaban J connectivity index is 1.54. The molecule has 0 bridgehead atoms. The van der Waals surface area contributed by atoms with Gasteiger partial charge in [-0.3, -0.25) is 4.79 Å². The molecule has 152 valence electrons. The lowest BCUT2D eigenvalue weighted by atomic mass is 10.2. The van der Waals surface area contributed by atoms with Gasteiger partial charge in [0.2, 0.25) is 0 Å². The predicted octanol–water partition coefficient (Wildman–Crippen LogP) is 3.09. The summed E-state index contributed by atoms with van der Waals surface area (Å²) in [7, 11) is 0. The first-order valence-corrected chi connectivity index (χ1v) is 9.02. The van der Waals surface area contributed by atoms with Gasteiger partial charge in [-0.2, -0.15) is 18.4 Å². The van der Waals surface area contributed by atoms with Crippen LogP contribution in [0.5, 0.6) is 5.75 Å². The molecule has 1 saturated heterocycles. The lowest BCUT2D eigenvalue weighted by molar-refractivity contribution is -0.138. The van der Waals surface area contributed by atoms with Crippen molar-refractivity contribution in [1.29, 1.82) is 5.26 Å². The standard InChI is InChI=1S/C20H19F3N4O2/c1-14(29-17-5-2-15(12-24)3-6-17)19(28)27-10-8-26(9-11-27)18-7-4-16(13-25-18)20(21,22)23/h2-7,13-14H,8-11H2,1H3. The van der Waals surface area contributed by atoms with E-state index in [1.807, 2.05) is 11.0 Å². The molecule has 0 radical (unpaired) electrons. The van der Waals surface area contributed by atoms with E-state index in [0.717, 1.165) is 12.3 Å². The topological polar surface area (TPSA) is 69.5 Å². The first-order valence-electron chi connectivity index (χ1n) is 9.02. The molecule has 0 aliphatic carbocycles. The van der Waals surface area contributed by atoms with Gasteiger partial charge in [-0.25, -0.2) is 4.98 Å². The number of halogens is 3. The van der Waals surface area contributed by atoms with Crippen LogP contribution in [0.4, 0.5) is 19.0 Å². The Kier molecular flexibility index (Phi) is 5.92. The van der Waals surface area contributed by atoms with Gasteiger partial charge in [-0.15, -0.1) is 0 Å². The number of anilines is 1. The number of nitrogens with zero attached hydrogens (tertiary/aromatic N) is 4. The molecule has 1 unspecified atom stereocenters. The van der Waals surface area contributed by atoms with E-state index in [0.29, 0.717) is 43.3 Å². The molecule has 6 nitrogen and oxygen atoms in total. The largest absolute Gasteiger partial charge is 0.481 e. The molecule has 2 heterocycles. The number of pyridine rings is 1. The van der Waals surface area contributed by atoms with Crippen molar-refractivity contribution in [2.45, 2.75) is 19.2 Å². The van der Waals surface area contributed by atoms with Crippen molar-refractivity contribution >= 4 is 11.7 Å². The molecule has 1 aliphatic rings. The number of hydrogen-bond donors (Lipinski definition) is 0. The Hall–Kier alpha value is -3.28. The highest BCUT2D eigenvalue weighted by Crippen LogP contribution is 2.29. The van der Waals surface area contributed by atoms with Gasteiger partial charge in [0, 0.05) is 32.4 Å². The highest BCUT2D eigenvalue weighted by atomic mass is 19.4. The molecule has 1 fully saturated rings. The molecule has 0 spiro atoms. The summed E-state index contributed by atoms with van der Waals surface area (Å²) in [5.41, 5.74) is -0.284. The fourth-order valence-corrected chi connectivity index (χ4v) is 3.02. The summed E-state index contributed by atoms with van der Waals surface area (Å²) in [6, 6.07) is 10.9. The van der Waals surface area contributed by atoms with E-state index < -0.39 is 17.8 Å². The number of piperazine rings is 1. The molecule has 1 aliphatic heterocycles. The van der Waals surface area contributed by atoms with Gasteiger partial charge in [-0.05, 0) is 43.3 Å². The number of alkyl halides is 3. The molecule has 0 N–H and O–H groups in total. The zero-order valence-corrected chi connectivity index (χ0v) is 15.7. The van der Waals surface area contributed by atoms with Gasteiger partial charge in [0.15, 0.2) is 6.10 Å². The summed E-state index contributed by atoms with van der Waals surface area (Å²) in [6.45, 7) is 3.43. The number of nitriles is 1. The lowest BCUT2D eigenvalue weighted by Crippen LogP contribution is -2.52. The number of amides is 1. The van der Waals surface area contributed by atoms with E-state index in [1.54, 1.807) is 36.1 Å². The number of hydrogen-bond acceptors (Lipinski definition) is 5. The third-order valence-electron chi connectivity index (χ3n) is 4.63. The third kappa shape index (κ3) is 4.96. The SMILES string of the molecule is CC(Oc1ccc(C#N)cc1)C(=O)N1CCN(c2ccc(C(F)(F)F)cn2)CC1. The summed E-state index contributed by atoms with van der Waals surface area (Å²) < 4.78 is 43.6. The van der Waals surface area contributed by atoms with Gasteiger partial charge < -0.3 is 14.5 Å². The van der Waals surface area contributed by atoms with E-state index >= 15 is 0 Å². The molecule has 9 heteroatoms. The fourth-order valence-electron chi connectivity index (χ4n) is 3.02. The first kappa shape index (κ1) is 20.5. The maximum absolute atomic E-state index is 12.6. The minimum atomic E-state index is -4.41. The first-order chi connectivity index (χ1) is 13.8. The van der Waals surface area contributed by atoms with E-state index in [4.69, 9.17) is 10.00 Å². The Morgan fingerprint density at radius 3 is 2.31 bits per heavy atom. The smallest absolute Gasteiger partial charge is 0.417 e. The fraction of sp³-hybridized carbons (Fsp3) is 0.350. The lowest BCUT2D eigenvalue weighted by Gasteiger charge is -2.36. The van der Waals surface area contributed by atoms with E-state index in [9.17, 15) is 18.0 Å². The number of carbonyl (C=O) groups is 1. The maximum Gasteiger partial charge on any atom is 0.417 e. The molecule has 29 heavy (non-hydrogen) atoms. The number of ether oxygens (including phenoxy) is 1. The molecule has 1 atom stereocenters.